The van der Waals surface area contributed by atoms with E-state index in [2.05, 4.69) is 5.16 Å². The highest BCUT2D eigenvalue weighted by Crippen LogP contribution is 2.13. The van der Waals surface area contributed by atoms with Crippen LogP contribution in [0.25, 0.3) is 0 Å². The van der Waals surface area contributed by atoms with E-state index in [0.717, 1.165) is 5.75 Å². The lowest BCUT2D eigenvalue weighted by Gasteiger charge is -2.09. The minimum Gasteiger partial charge on any atom is -0.491 e. The van der Waals surface area contributed by atoms with Crippen LogP contribution in [0.4, 0.5) is 0 Å². The molecule has 4 heteroatoms. The monoisotopic (exact) mass is 194 g/mol. The zero-order valence-electron chi connectivity index (χ0n) is 8.27. The van der Waals surface area contributed by atoms with Crippen molar-refractivity contribution >= 4 is 5.84 Å². The number of benzene rings is 1. The van der Waals surface area contributed by atoms with Crippen molar-refractivity contribution in [2.45, 2.75) is 20.0 Å². The molecule has 0 radical (unpaired) electrons. The first-order valence-electron chi connectivity index (χ1n) is 4.38. The second-order valence-electron chi connectivity index (χ2n) is 3.18. The van der Waals surface area contributed by atoms with Crippen LogP contribution in [0.3, 0.4) is 0 Å². The summed E-state index contributed by atoms with van der Waals surface area (Å²) in [5, 5.41) is 11.3. The number of nitrogens with two attached hydrogens (primary N) is 1. The third kappa shape index (κ3) is 2.65. The molecule has 0 saturated heterocycles. The van der Waals surface area contributed by atoms with Crippen LogP contribution < -0.4 is 10.5 Å². The molecule has 0 saturated carbocycles. The van der Waals surface area contributed by atoms with Crippen LogP contribution in [0, 0.1) is 0 Å². The Labute approximate surface area is 83.0 Å². The van der Waals surface area contributed by atoms with Crippen molar-refractivity contribution in [3.05, 3.63) is 29.8 Å². The molecule has 1 aromatic carbocycles. The first kappa shape index (κ1) is 10.4. The van der Waals surface area contributed by atoms with Gasteiger partial charge in [-0.1, -0.05) is 5.16 Å². The van der Waals surface area contributed by atoms with Gasteiger partial charge in [0.2, 0.25) is 0 Å². The molecule has 0 fully saturated rings. The number of oxime groups is 1. The van der Waals surface area contributed by atoms with Crippen LogP contribution >= 0.6 is 0 Å². The molecular formula is C10H14N2O2. The van der Waals surface area contributed by atoms with Gasteiger partial charge in [-0.3, -0.25) is 0 Å². The first-order chi connectivity index (χ1) is 6.63. The maximum absolute atomic E-state index is 8.43. The Morgan fingerprint density at radius 3 is 2.36 bits per heavy atom. The van der Waals surface area contributed by atoms with Crippen molar-refractivity contribution in [1.82, 2.24) is 0 Å². The number of hydrogen-bond acceptors (Lipinski definition) is 3. The summed E-state index contributed by atoms with van der Waals surface area (Å²) in [5.74, 6) is 0.871. The molecule has 3 N–H and O–H groups in total. The molecule has 0 aromatic heterocycles. The molecule has 0 aliphatic rings. The predicted molar refractivity (Wildman–Crippen MR) is 54.7 cm³/mol. The highest BCUT2D eigenvalue weighted by molar-refractivity contribution is 5.97. The highest BCUT2D eigenvalue weighted by atomic mass is 16.5. The zero-order valence-corrected chi connectivity index (χ0v) is 8.27. The third-order valence-corrected chi connectivity index (χ3v) is 1.63. The van der Waals surface area contributed by atoms with E-state index in [1.165, 1.54) is 0 Å². The van der Waals surface area contributed by atoms with Crippen molar-refractivity contribution in [1.29, 1.82) is 0 Å². The fourth-order valence-electron chi connectivity index (χ4n) is 1.03. The normalized spacial score (nSPS) is 11.8. The van der Waals surface area contributed by atoms with Crippen LogP contribution in [-0.4, -0.2) is 17.1 Å². The van der Waals surface area contributed by atoms with E-state index < -0.39 is 0 Å². The predicted octanol–water partition coefficient (Wildman–Crippen LogP) is 1.57. The van der Waals surface area contributed by atoms with E-state index in [0.29, 0.717) is 5.56 Å². The average molecular weight is 194 g/mol. The van der Waals surface area contributed by atoms with Crippen LogP contribution in [0.5, 0.6) is 5.75 Å². The Hall–Kier alpha value is -1.71. The van der Waals surface area contributed by atoms with Crippen LogP contribution in [0.2, 0.25) is 0 Å². The van der Waals surface area contributed by atoms with E-state index in [1.54, 1.807) is 24.3 Å². The molecule has 14 heavy (non-hydrogen) atoms. The first-order valence-corrected chi connectivity index (χ1v) is 4.38. The summed E-state index contributed by atoms with van der Waals surface area (Å²) >= 11 is 0. The number of hydrogen-bond donors (Lipinski definition) is 2. The van der Waals surface area contributed by atoms with Gasteiger partial charge in [-0.2, -0.15) is 0 Å². The van der Waals surface area contributed by atoms with Gasteiger partial charge in [-0.05, 0) is 38.1 Å². The second-order valence-corrected chi connectivity index (χ2v) is 3.18. The number of rotatable bonds is 3. The lowest BCUT2D eigenvalue weighted by atomic mass is 10.2. The van der Waals surface area contributed by atoms with Crippen LogP contribution in [-0.2, 0) is 0 Å². The molecule has 1 aromatic rings. The van der Waals surface area contributed by atoms with Gasteiger partial charge in [0.25, 0.3) is 0 Å². The summed E-state index contributed by atoms with van der Waals surface area (Å²) in [6.07, 6.45) is 0.143. The molecule has 0 aliphatic heterocycles. The Morgan fingerprint density at radius 2 is 1.93 bits per heavy atom. The topological polar surface area (TPSA) is 67.8 Å². The van der Waals surface area contributed by atoms with Gasteiger partial charge in [0.15, 0.2) is 5.84 Å². The van der Waals surface area contributed by atoms with E-state index in [9.17, 15) is 0 Å². The summed E-state index contributed by atoms with van der Waals surface area (Å²) in [6.45, 7) is 3.91. The van der Waals surface area contributed by atoms with Crippen LogP contribution in [0.1, 0.15) is 19.4 Å². The maximum atomic E-state index is 8.43. The molecule has 0 aliphatic carbocycles. The molecular weight excluding hydrogens is 180 g/mol. The number of nitrogens with zero attached hydrogens (tertiary/aromatic N) is 1. The van der Waals surface area contributed by atoms with Gasteiger partial charge in [-0.25, -0.2) is 0 Å². The SMILES string of the molecule is CC(C)Oc1ccc(/C(N)=N\O)cc1. The fraction of sp³-hybridized carbons (Fsp3) is 0.300. The molecule has 0 bridgehead atoms. The minimum atomic E-state index is 0.0982. The molecule has 76 valence electrons. The Bertz CT molecular complexity index is 317. The molecule has 0 unspecified atom stereocenters. The lowest BCUT2D eigenvalue weighted by molar-refractivity contribution is 0.242. The Kier molecular flexibility index (Phi) is 3.34. The highest BCUT2D eigenvalue weighted by Gasteiger charge is 2.00. The standard InChI is InChI=1S/C10H14N2O2/c1-7(2)14-9-5-3-8(4-6-9)10(11)12-13/h3-7,13H,1-2H3,(H2,11,12). The third-order valence-electron chi connectivity index (χ3n) is 1.63. The van der Waals surface area contributed by atoms with Crippen molar-refractivity contribution in [2.24, 2.45) is 10.9 Å². The smallest absolute Gasteiger partial charge is 0.170 e. The average Bonchev–Trinajstić information content (AvgIpc) is 2.17. The van der Waals surface area contributed by atoms with Gasteiger partial charge in [-0.15, -0.1) is 0 Å². The van der Waals surface area contributed by atoms with E-state index in [4.69, 9.17) is 15.7 Å². The van der Waals surface area contributed by atoms with E-state index in [1.807, 2.05) is 13.8 Å². The number of ether oxygens (including phenoxy) is 1. The molecule has 0 atom stereocenters. The lowest BCUT2D eigenvalue weighted by Crippen LogP contribution is -2.13. The summed E-state index contributed by atoms with van der Waals surface area (Å²) < 4.78 is 5.44. The van der Waals surface area contributed by atoms with Crippen molar-refractivity contribution in [3.8, 4) is 5.75 Å². The number of amidine groups is 1. The molecule has 4 nitrogen and oxygen atoms in total. The van der Waals surface area contributed by atoms with Gasteiger partial charge < -0.3 is 15.7 Å². The minimum absolute atomic E-state index is 0.0982. The largest absolute Gasteiger partial charge is 0.491 e. The van der Waals surface area contributed by atoms with Gasteiger partial charge in [0.05, 0.1) is 6.10 Å². The van der Waals surface area contributed by atoms with E-state index in [-0.39, 0.29) is 11.9 Å². The molecule has 0 heterocycles. The van der Waals surface area contributed by atoms with Crippen LogP contribution in [0.15, 0.2) is 29.4 Å². The maximum Gasteiger partial charge on any atom is 0.170 e. The van der Waals surface area contributed by atoms with Crippen molar-refractivity contribution in [3.63, 3.8) is 0 Å². The second kappa shape index (κ2) is 4.50. The summed E-state index contributed by atoms with van der Waals surface area (Å²) in [5.41, 5.74) is 6.07. The quantitative estimate of drug-likeness (QED) is 0.332. The summed E-state index contributed by atoms with van der Waals surface area (Å²) in [7, 11) is 0. The van der Waals surface area contributed by atoms with Crippen molar-refractivity contribution in [2.75, 3.05) is 0 Å². The fourth-order valence-corrected chi connectivity index (χ4v) is 1.03. The Morgan fingerprint density at radius 1 is 1.36 bits per heavy atom. The Balaban J connectivity index is 2.78. The summed E-state index contributed by atoms with van der Waals surface area (Å²) in [6, 6.07) is 7.06. The van der Waals surface area contributed by atoms with E-state index >= 15 is 0 Å². The molecule has 1 rings (SSSR count). The van der Waals surface area contributed by atoms with Gasteiger partial charge in [0, 0.05) is 5.56 Å². The van der Waals surface area contributed by atoms with Gasteiger partial charge in [0.1, 0.15) is 5.75 Å². The van der Waals surface area contributed by atoms with Crippen molar-refractivity contribution < 1.29 is 9.94 Å². The zero-order chi connectivity index (χ0) is 10.6. The van der Waals surface area contributed by atoms with Gasteiger partial charge >= 0.3 is 0 Å². The summed E-state index contributed by atoms with van der Waals surface area (Å²) in [4.78, 5) is 0. The molecule has 0 amide bonds. The molecule has 0 spiro atoms.